The third kappa shape index (κ3) is 2.74. The van der Waals surface area contributed by atoms with Crippen molar-refractivity contribution < 1.29 is 5.11 Å². The third-order valence-electron chi connectivity index (χ3n) is 2.89. The van der Waals surface area contributed by atoms with Crippen LogP contribution in [0.15, 0.2) is 82.7 Å². The van der Waals surface area contributed by atoms with Crippen LogP contribution in [0.3, 0.4) is 0 Å². The van der Waals surface area contributed by atoms with Crippen molar-refractivity contribution in [2.75, 3.05) is 0 Å². The molecule has 1 aliphatic carbocycles. The average Bonchev–Trinajstić information content (AvgIpc) is 3.01. The van der Waals surface area contributed by atoms with Crippen molar-refractivity contribution in [3.8, 4) is 5.75 Å². The molecule has 0 fully saturated rings. The van der Waals surface area contributed by atoms with Gasteiger partial charge in [-0.25, -0.2) is 0 Å². The Balaban J connectivity index is 1.84. The molecule has 0 heterocycles. The molecule has 0 unspecified atom stereocenters. The molecule has 3 rings (SSSR count). The molecule has 96 valence electrons. The summed E-state index contributed by atoms with van der Waals surface area (Å²) in [6.07, 6.45) is 5.86. The summed E-state index contributed by atoms with van der Waals surface area (Å²) in [6.45, 7) is 0. The maximum Gasteiger partial charge on any atom is 0.115 e. The average molecular weight is 260 g/mol. The molecule has 1 aliphatic rings. The zero-order chi connectivity index (χ0) is 13.8. The first-order chi connectivity index (χ1) is 9.81. The van der Waals surface area contributed by atoms with Crippen molar-refractivity contribution >= 4 is 16.9 Å². The highest BCUT2D eigenvalue weighted by Crippen LogP contribution is 2.24. The normalized spacial score (nSPS) is 13.1. The summed E-state index contributed by atoms with van der Waals surface area (Å²) in [6, 6.07) is 14.4. The van der Waals surface area contributed by atoms with E-state index in [2.05, 4.69) is 16.0 Å². The molecule has 0 atom stereocenters. The molecule has 3 heteroatoms. The molecule has 2 aromatic rings. The largest absolute Gasteiger partial charge is 0.508 e. The van der Waals surface area contributed by atoms with Gasteiger partial charge in [-0.1, -0.05) is 18.2 Å². The van der Waals surface area contributed by atoms with Crippen LogP contribution in [0.25, 0.3) is 5.57 Å². The quantitative estimate of drug-likeness (QED) is 0.618. The summed E-state index contributed by atoms with van der Waals surface area (Å²) in [4.78, 5) is 0. The number of hydrogen-bond acceptors (Lipinski definition) is 3. The van der Waals surface area contributed by atoms with E-state index < -0.39 is 0 Å². The van der Waals surface area contributed by atoms with Gasteiger partial charge in [-0.2, -0.15) is 10.2 Å². The van der Waals surface area contributed by atoms with E-state index >= 15 is 0 Å². The monoisotopic (exact) mass is 260 g/mol. The number of benzene rings is 2. The van der Waals surface area contributed by atoms with E-state index in [1.54, 1.807) is 24.3 Å². The maximum absolute atomic E-state index is 9.21. The fraction of sp³-hybridized carbons (Fsp3) is 0. The maximum atomic E-state index is 9.21. The molecular weight excluding hydrogens is 248 g/mol. The highest BCUT2D eigenvalue weighted by atomic mass is 16.3. The number of phenolic OH excluding ortho intramolecular Hbond substituents is 1. The highest BCUT2D eigenvalue weighted by molar-refractivity contribution is 5.77. The molecule has 0 saturated heterocycles. The predicted octanol–water partition coefficient (Wildman–Crippen LogP) is 4.92. The Bertz CT molecular complexity index is 749. The molecule has 3 nitrogen and oxygen atoms in total. The van der Waals surface area contributed by atoms with E-state index in [1.165, 1.54) is 0 Å². The van der Waals surface area contributed by atoms with Crippen LogP contribution >= 0.6 is 0 Å². The zero-order valence-electron chi connectivity index (χ0n) is 10.7. The van der Waals surface area contributed by atoms with Crippen molar-refractivity contribution in [3.63, 3.8) is 0 Å². The fourth-order valence-electron chi connectivity index (χ4n) is 1.88. The van der Waals surface area contributed by atoms with E-state index in [4.69, 9.17) is 0 Å². The van der Waals surface area contributed by atoms with Gasteiger partial charge in [0.25, 0.3) is 0 Å². The summed E-state index contributed by atoms with van der Waals surface area (Å²) >= 11 is 0. The zero-order valence-corrected chi connectivity index (χ0v) is 10.7. The van der Waals surface area contributed by atoms with Crippen LogP contribution in [0, 0.1) is 0 Å². The Morgan fingerprint density at radius 3 is 2.45 bits per heavy atom. The molecule has 0 bridgehead atoms. The molecule has 20 heavy (non-hydrogen) atoms. The summed E-state index contributed by atoms with van der Waals surface area (Å²) in [5, 5.41) is 17.6. The first-order valence-corrected chi connectivity index (χ1v) is 6.26. The summed E-state index contributed by atoms with van der Waals surface area (Å²) < 4.78 is 0. The van der Waals surface area contributed by atoms with Gasteiger partial charge in [0.1, 0.15) is 5.75 Å². The fourth-order valence-corrected chi connectivity index (χ4v) is 1.88. The van der Waals surface area contributed by atoms with Crippen LogP contribution in [0.1, 0.15) is 5.56 Å². The van der Waals surface area contributed by atoms with E-state index in [0.29, 0.717) is 5.69 Å². The predicted molar refractivity (Wildman–Crippen MR) is 79.4 cm³/mol. The van der Waals surface area contributed by atoms with Crippen molar-refractivity contribution in [1.82, 2.24) is 0 Å². The van der Waals surface area contributed by atoms with E-state index in [1.807, 2.05) is 42.5 Å². The minimum atomic E-state index is 0.220. The highest BCUT2D eigenvalue weighted by Gasteiger charge is 2.00. The number of rotatable bonds is 3. The molecule has 0 aromatic heterocycles. The topological polar surface area (TPSA) is 45.0 Å². The van der Waals surface area contributed by atoms with Gasteiger partial charge >= 0.3 is 0 Å². The Hall–Kier alpha value is -2.90. The molecule has 0 radical (unpaired) electrons. The molecular formula is C17H12N2O. The summed E-state index contributed by atoms with van der Waals surface area (Å²) in [5.74, 6) is 0.220. The Labute approximate surface area is 116 Å². The second-order valence-corrected chi connectivity index (χ2v) is 4.35. The van der Waals surface area contributed by atoms with Gasteiger partial charge in [-0.15, -0.1) is 5.73 Å². The lowest BCUT2D eigenvalue weighted by molar-refractivity contribution is 0.475. The van der Waals surface area contributed by atoms with Gasteiger partial charge in [-0.3, -0.25) is 0 Å². The minimum absolute atomic E-state index is 0.220. The first-order valence-electron chi connectivity index (χ1n) is 6.26. The lowest BCUT2D eigenvalue weighted by atomic mass is 10.1. The number of nitrogens with zero attached hydrogens (tertiary/aromatic N) is 2. The lowest BCUT2D eigenvalue weighted by Crippen LogP contribution is -1.76. The molecule has 0 aliphatic heterocycles. The standard InChI is InChI=1S/C17H12N2O/c20-17-10-8-15(9-11-17)18-19-16-7-3-6-14(12-16)13-4-1-2-5-13/h1-4,6-12,20H. The number of phenols is 1. The van der Waals surface area contributed by atoms with Crippen molar-refractivity contribution in [3.05, 3.63) is 78.1 Å². The molecule has 0 saturated carbocycles. The van der Waals surface area contributed by atoms with Crippen LogP contribution in [0.4, 0.5) is 11.4 Å². The third-order valence-corrected chi connectivity index (χ3v) is 2.89. The molecule has 0 spiro atoms. The van der Waals surface area contributed by atoms with Crippen LogP contribution in [0.2, 0.25) is 0 Å². The van der Waals surface area contributed by atoms with Gasteiger partial charge < -0.3 is 5.11 Å². The van der Waals surface area contributed by atoms with Gasteiger partial charge in [0, 0.05) is 5.57 Å². The Morgan fingerprint density at radius 2 is 1.70 bits per heavy atom. The smallest absolute Gasteiger partial charge is 0.115 e. The van der Waals surface area contributed by atoms with Gasteiger partial charge in [0.2, 0.25) is 0 Å². The SMILES string of the molecule is Oc1ccc(N=Nc2cccc(C3=C=CC=C3)c2)cc1. The number of aromatic hydroxyl groups is 1. The second-order valence-electron chi connectivity index (χ2n) is 4.35. The minimum Gasteiger partial charge on any atom is -0.508 e. The van der Waals surface area contributed by atoms with Crippen molar-refractivity contribution in [1.29, 1.82) is 0 Å². The summed E-state index contributed by atoms with van der Waals surface area (Å²) in [7, 11) is 0. The van der Waals surface area contributed by atoms with Crippen LogP contribution < -0.4 is 0 Å². The van der Waals surface area contributed by atoms with Crippen LogP contribution in [-0.2, 0) is 0 Å². The summed E-state index contributed by atoms with van der Waals surface area (Å²) in [5.41, 5.74) is 6.76. The lowest BCUT2D eigenvalue weighted by Gasteiger charge is -1.99. The Kier molecular flexibility index (Phi) is 3.27. The number of azo groups is 1. The Morgan fingerprint density at radius 1 is 0.900 bits per heavy atom. The van der Waals surface area contributed by atoms with E-state index in [-0.39, 0.29) is 5.75 Å². The first kappa shape index (κ1) is 12.2. The van der Waals surface area contributed by atoms with Gasteiger partial charge in [-0.05, 0) is 54.1 Å². The molecule has 1 N–H and O–H groups in total. The van der Waals surface area contributed by atoms with Crippen LogP contribution in [0.5, 0.6) is 5.75 Å². The number of allylic oxidation sites excluding steroid dienone is 3. The van der Waals surface area contributed by atoms with E-state index in [9.17, 15) is 5.11 Å². The van der Waals surface area contributed by atoms with Gasteiger partial charge in [0.05, 0.1) is 11.4 Å². The number of hydrogen-bond donors (Lipinski definition) is 1. The van der Waals surface area contributed by atoms with Crippen LogP contribution in [-0.4, -0.2) is 5.11 Å². The molecule has 0 amide bonds. The second kappa shape index (κ2) is 5.39. The van der Waals surface area contributed by atoms with E-state index in [0.717, 1.165) is 16.8 Å². The van der Waals surface area contributed by atoms with Crippen molar-refractivity contribution in [2.24, 2.45) is 10.2 Å². The van der Waals surface area contributed by atoms with Gasteiger partial charge in [0.15, 0.2) is 0 Å². The van der Waals surface area contributed by atoms with Crippen molar-refractivity contribution in [2.45, 2.75) is 0 Å². The molecule has 2 aromatic carbocycles.